The number of carbonyl (C=O) groups is 1. The van der Waals surface area contributed by atoms with Crippen molar-refractivity contribution in [2.75, 3.05) is 25.1 Å². The number of carbonyl (C=O) groups excluding carboxylic acids is 1. The summed E-state index contributed by atoms with van der Waals surface area (Å²) in [7, 11) is 0. The maximum Gasteiger partial charge on any atom is 0.269 e. The zero-order chi connectivity index (χ0) is 24.8. The molecule has 178 valence electrons. The lowest BCUT2D eigenvalue weighted by atomic mass is 10.1. The van der Waals surface area contributed by atoms with Crippen LogP contribution in [-0.4, -0.2) is 61.7 Å². The normalized spacial score (nSPS) is 11.7. The summed E-state index contributed by atoms with van der Waals surface area (Å²) in [5, 5.41) is 25.9. The number of pyridine rings is 1. The van der Waals surface area contributed by atoms with Gasteiger partial charge in [0.1, 0.15) is 17.5 Å². The van der Waals surface area contributed by atoms with Crippen molar-refractivity contribution in [3.63, 3.8) is 0 Å². The Labute approximate surface area is 201 Å². The van der Waals surface area contributed by atoms with Gasteiger partial charge in [0.05, 0.1) is 43.3 Å². The van der Waals surface area contributed by atoms with E-state index < -0.39 is 12.0 Å². The van der Waals surface area contributed by atoms with Crippen molar-refractivity contribution < 1.29 is 19.4 Å². The van der Waals surface area contributed by atoms with Gasteiger partial charge in [0.2, 0.25) is 12.0 Å². The molecule has 4 rings (SSSR count). The molecule has 0 saturated heterocycles. The predicted octanol–water partition coefficient (Wildman–Crippen LogP) is 2.09. The Morgan fingerprint density at radius 3 is 2.80 bits per heavy atom. The highest BCUT2D eigenvalue weighted by molar-refractivity contribution is 5.94. The molecule has 11 nitrogen and oxygen atoms in total. The molecule has 0 saturated carbocycles. The Bertz CT molecular complexity index is 1380. The molecule has 35 heavy (non-hydrogen) atoms. The van der Waals surface area contributed by atoms with Gasteiger partial charge in [-0.1, -0.05) is 12.1 Å². The number of nitriles is 1. The van der Waals surface area contributed by atoms with Crippen LogP contribution < -0.4 is 10.1 Å². The van der Waals surface area contributed by atoms with E-state index in [-0.39, 0.29) is 25.7 Å². The van der Waals surface area contributed by atoms with Gasteiger partial charge in [-0.15, -0.1) is 0 Å². The number of rotatable bonds is 9. The molecule has 0 aliphatic rings. The second-order valence-corrected chi connectivity index (χ2v) is 7.70. The van der Waals surface area contributed by atoms with E-state index in [0.717, 1.165) is 11.1 Å². The molecular formula is C24H23N7O4. The monoisotopic (exact) mass is 473 g/mol. The number of aromatic nitrogens is 5. The number of benzene rings is 1. The van der Waals surface area contributed by atoms with Crippen LogP contribution in [0.4, 0.5) is 5.82 Å². The van der Waals surface area contributed by atoms with Crippen LogP contribution in [0.1, 0.15) is 16.7 Å². The lowest BCUT2D eigenvalue weighted by molar-refractivity contribution is -0.125. The largest absolute Gasteiger partial charge is 0.461 e. The maximum atomic E-state index is 13.0. The Morgan fingerprint density at radius 2 is 2.06 bits per heavy atom. The minimum absolute atomic E-state index is 0.0432. The second-order valence-electron chi connectivity index (χ2n) is 7.70. The third kappa shape index (κ3) is 5.40. The van der Waals surface area contributed by atoms with Gasteiger partial charge in [0.15, 0.2) is 5.65 Å². The smallest absolute Gasteiger partial charge is 0.269 e. The Balaban J connectivity index is 1.64. The molecule has 0 fully saturated rings. The summed E-state index contributed by atoms with van der Waals surface area (Å²) >= 11 is 0. The Kier molecular flexibility index (Phi) is 7.25. The number of amides is 1. The van der Waals surface area contributed by atoms with Crippen molar-refractivity contribution in [1.82, 2.24) is 24.7 Å². The van der Waals surface area contributed by atoms with Crippen LogP contribution in [0.25, 0.3) is 16.7 Å². The van der Waals surface area contributed by atoms with Gasteiger partial charge < -0.3 is 19.9 Å². The number of hydrogen-bond donors (Lipinski definition) is 2. The highest BCUT2D eigenvalue weighted by atomic mass is 16.5. The standard InChI is InChI=1S/C24H23N7O4/c1-15-3-6-21(26-11-15)30-23(33)20(13-34-8-7-32)35-24-18-12-29-31(22(18)27-14-28-24)19-9-17(10-25)5-4-16(19)2/h3-6,9,11-12,14,20,32H,7-8,13H2,1-2H3,(H,26,30,33)/t20-/m0/s1. The minimum Gasteiger partial charge on any atom is -0.461 e. The average molecular weight is 473 g/mol. The quantitative estimate of drug-likeness (QED) is 0.349. The molecular weight excluding hydrogens is 450 g/mol. The molecule has 1 atom stereocenters. The van der Waals surface area contributed by atoms with E-state index in [1.165, 1.54) is 12.5 Å². The summed E-state index contributed by atoms with van der Waals surface area (Å²) in [4.78, 5) is 25.7. The molecule has 0 radical (unpaired) electrons. The molecule has 2 N–H and O–H groups in total. The van der Waals surface area contributed by atoms with Gasteiger partial charge in [-0.2, -0.15) is 10.4 Å². The summed E-state index contributed by atoms with van der Waals surface area (Å²) in [6, 6.07) is 10.9. The van der Waals surface area contributed by atoms with E-state index in [9.17, 15) is 10.1 Å². The van der Waals surface area contributed by atoms with Gasteiger partial charge in [-0.05, 0) is 43.2 Å². The maximum absolute atomic E-state index is 13.0. The minimum atomic E-state index is -1.09. The third-order valence-corrected chi connectivity index (χ3v) is 5.11. The van der Waals surface area contributed by atoms with Gasteiger partial charge in [-0.25, -0.2) is 19.6 Å². The topological polar surface area (TPSA) is 148 Å². The number of aliphatic hydroxyl groups excluding tert-OH is 1. The number of ether oxygens (including phenoxy) is 2. The van der Waals surface area contributed by atoms with Crippen molar-refractivity contribution in [3.05, 3.63) is 65.7 Å². The summed E-state index contributed by atoms with van der Waals surface area (Å²) in [5.41, 5.74) is 3.48. The lowest BCUT2D eigenvalue weighted by Crippen LogP contribution is -2.37. The molecule has 4 aromatic rings. The molecule has 3 heterocycles. The first-order chi connectivity index (χ1) is 17.0. The van der Waals surface area contributed by atoms with Crippen LogP contribution in [0.5, 0.6) is 5.88 Å². The summed E-state index contributed by atoms with van der Waals surface area (Å²) < 4.78 is 12.9. The van der Waals surface area contributed by atoms with Gasteiger partial charge in [0, 0.05) is 6.20 Å². The summed E-state index contributed by atoms with van der Waals surface area (Å²) in [6.07, 6.45) is 3.40. The van der Waals surface area contributed by atoms with E-state index in [1.54, 1.807) is 29.1 Å². The third-order valence-electron chi connectivity index (χ3n) is 5.11. The van der Waals surface area contributed by atoms with Crippen LogP contribution >= 0.6 is 0 Å². The molecule has 1 amide bonds. The van der Waals surface area contributed by atoms with Gasteiger partial charge in [0.25, 0.3) is 5.91 Å². The first-order valence-electron chi connectivity index (χ1n) is 10.8. The van der Waals surface area contributed by atoms with Crippen molar-refractivity contribution in [2.45, 2.75) is 20.0 Å². The first kappa shape index (κ1) is 23.7. The van der Waals surface area contributed by atoms with E-state index in [0.29, 0.717) is 28.1 Å². The molecule has 0 bridgehead atoms. The molecule has 0 spiro atoms. The van der Waals surface area contributed by atoms with E-state index in [2.05, 4.69) is 31.4 Å². The molecule has 1 aromatic carbocycles. The van der Waals surface area contributed by atoms with E-state index in [4.69, 9.17) is 14.6 Å². The first-order valence-corrected chi connectivity index (χ1v) is 10.8. The van der Waals surface area contributed by atoms with Gasteiger partial charge >= 0.3 is 0 Å². The highest BCUT2D eigenvalue weighted by Gasteiger charge is 2.24. The molecule has 0 unspecified atom stereocenters. The Hall–Kier alpha value is -4.40. The van der Waals surface area contributed by atoms with Crippen LogP contribution in [0.2, 0.25) is 0 Å². The molecule has 0 aliphatic heterocycles. The predicted molar refractivity (Wildman–Crippen MR) is 126 cm³/mol. The summed E-state index contributed by atoms with van der Waals surface area (Å²) in [5.74, 6) is 0.0147. The Morgan fingerprint density at radius 1 is 1.20 bits per heavy atom. The number of nitrogens with one attached hydrogen (secondary N) is 1. The highest BCUT2D eigenvalue weighted by Crippen LogP contribution is 2.26. The van der Waals surface area contributed by atoms with Gasteiger partial charge in [-0.3, -0.25) is 4.79 Å². The van der Waals surface area contributed by atoms with Crippen LogP contribution in [0, 0.1) is 25.2 Å². The fraction of sp³-hybridized carbons (Fsp3) is 0.250. The van der Waals surface area contributed by atoms with Crippen molar-refractivity contribution in [3.8, 4) is 17.6 Å². The number of aliphatic hydroxyl groups is 1. The lowest BCUT2D eigenvalue weighted by Gasteiger charge is -2.18. The number of nitrogens with zero attached hydrogens (tertiary/aromatic N) is 6. The summed E-state index contributed by atoms with van der Waals surface area (Å²) in [6.45, 7) is 3.52. The molecule has 3 aromatic heterocycles. The van der Waals surface area contributed by atoms with Crippen molar-refractivity contribution in [2.24, 2.45) is 0 Å². The fourth-order valence-corrected chi connectivity index (χ4v) is 3.30. The van der Waals surface area contributed by atoms with Crippen LogP contribution in [0.3, 0.4) is 0 Å². The number of aryl methyl sites for hydroxylation is 2. The zero-order valence-electron chi connectivity index (χ0n) is 19.2. The average Bonchev–Trinajstić information content (AvgIpc) is 3.30. The molecule has 0 aliphatic carbocycles. The van der Waals surface area contributed by atoms with Crippen LogP contribution in [0.15, 0.2) is 49.1 Å². The van der Waals surface area contributed by atoms with E-state index in [1.807, 2.05) is 26.0 Å². The van der Waals surface area contributed by atoms with Crippen molar-refractivity contribution >= 4 is 22.8 Å². The SMILES string of the molecule is Cc1ccc(NC(=O)[C@H](COCCO)Oc2ncnc3c2cnn3-c2cc(C#N)ccc2C)nc1. The van der Waals surface area contributed by atoms with E-state index >= 15 is 0 Å². The van der Waals surface area contributed by atoms with Crippen LogP contribution in [-0.2, 0) is 9.53 Å². The zero-order valence-corrected chi connectivity index (χ0v) is 19.2. The van der Waals surface area contributed by atoms with Crippen molar-refractivity contribution in [1.29, 1.82) is 5.26 Å². The second kappa shape index (κ2) is 10.7. The number of fused-ring (bicyclic) bond motifs is 1. The number of anilines is 1. The fourth-order valence-electron chi connectivity index (χ4n) is 3.30. The molecule has 11 heteroatoms. The number of hydrogen-bond acceptors (Lipinski definition) is 9.